The third-order valence-electron chi connectivity index (χ3n) is 5.45. The Morgan fingerprint density at radius 2 is 1.94 bits per heavy atom. The molecule has 0 saturated heterocycles. The lowest BCUT2D eigenvalue weighted by molar-refractivity contribution is -0.131. The predicted molar refractivity (Wildman–Crippen MR) is 133 cm³/mol. The fourth-order valence-corrected chi connectivity index (χ4v) is 4.72. The number of amidine groups is 1. The Bertz CT molecular complexity index is 1360. The number of aromatic amines is 1. The minimum absolute atomic E-state index is 0.0481. The molecular weight excluding hydrogens is 472 g/mol. The van der Waals surface area contributed by atoms with E-state index in [0.717, 1.165) is 4.68 Å². The van der Waals surface area contributed by atoms with E-state index in [2.05, 4.69) is 15.4 Å². The molecule has 6 N–H and O–H groups in total. The molecule has 0 radical (unpaired) electrons. The van der Waals surface area contributed by atoms with E-state index in [1.54, 1.807) is 36.4 Å². The SMILES string of the molecule is COc1ccc(C(Nc2ccc(C(=N)N)cc2)c2nn(C3=C(C(=O)O)SCC3)c(=O)[nH]2)cc1OC. The van der Waals surface area contributed by atoms with E-state index in [0.29, 0.717) is 46.2 Å². The predicted octanol–water partition coefficient (Wildman–Crippen LogP) is 2.46. The van der Waals surface area contributed by atoms with Crippen molar-refractivity contribution < 1.29 is 19.4 Å². The largest absolute Gasteiger partial charge is 0.493 e. The van der Waals surface area contributed by atoms with Gasteiger partial charge in [0.25, 0.3) is 0 Å². The summed E-state index contributed by atoms with van der Waals surface area (Å²) in [6, 6.07) is 11.6. The lowest BCUT2D eigenvalue weighted by Crippen LogP contribution is -2.18. The molecule has 3 aromatic rings. The number of H-pyrrole nitrogens is 1. The smallest absolute Gasteiger partial charge is 0.347 e. The monoisotopic (exact) mass is 496 g/mol. The number of nitrogens with zero attached hydrogens (tertiary/aromatic N) is 2. The number of nitrogens with two attached hydrogens (primary N) is 1. The van der Waals surface area contributed by atoms with E-state index in [1.165, 1.54) is 26.0 Å². The first-order valence-electron chi connectivity index (χ1n) is 10.5. The van der Waals surface area contributed by atoms with Crippen LogP contribution in [-0.4, -0.2) is 51.6 Å². The molecule has 182 valence electrons. The average Bonchev–Trinajstić information content (AvgIpc) is 3.49. The quantitative estimate of drug-likeness (QED) is 0.221. The maximum atomic E-state index is 12.8. The Kier molecular flexibility index (Phi) is 6.82. The zero-order chi connectivity index (χ0) is 25.1. The van der Waals surface area contributed by atoms with Crippen molar-refractivity contribution in [3.63, 3.8) is 0 Å². The van der Waals surface area contributed by atoms with E-state index < -0.39 is 17.7 Å². The number of carboxylic acids is 1. The van der Waals surface area contributed by atoms with Crippen LogP contribution in [0.3, 0.4) is 0 Å². The van der Waals surface area contributed by atoms with Crippen molar-refractivity contribution in [3.05, 3.63) is 74.8 Å². The van der Waals surface area contributed by atoms with Crippen LogP contribution >= 0.6 is 11.8 Å². The van der Waals surface area contributed by atoms with Gasteiger partial charge in [-0.2, -0.15) is 4.68 Å². The number of aromatic nitrogens is 3. The number of nitrogen functional groups attached to an aromatic ring is 1. The molecule has 2 heterocycles. The van der Waals surface area contributed by atoms with E-state index in [1.807, 2.05) is 6.07 Å². The van der Waals surface area contributed by atoms with Crippen molar-refractivity contribution in [2.24, 2.45) is 5.73 Å². The standard InChI is InChI=1S/C23H24N6O5S/c1-33-16-8-5-13(11-17(16)34-2)18(26-14-6-3-12(4-7-14)20(24)25)21-27-23(32)29(28-21)15-9-10-35-19(15)22(30)31/h3-8,11,18,26H,9-10H2,1-2H3,(H3,24,25)(H,30,31)(H,27,28,32). The normalized spacial score (nSPS) is 14.0. The number of hydrogen-bond donors (Lipinski definition) is 5. The van der Waals surface area contributed by atoms with Gasteiger partial charge in [0.2, 0.25) is 0 Å². The van der Waals surface area contributed by atoms with Crippen LogP contribution in [0.5, 0.6) is 11.5 Å². The average molecular weight is 497 g/mol. The number of nitrogens with one attached hydrogen (secondary N) is 3. The Morgan fingerprint density at radius 1 is 1.23 bits per heavy atom. The summed E-state index contributed by atoms with van der Waals surface area (Å²) < 4.78 is 11.9. The maximum absolute atomic E-state index is 12.8. The van der Waals surface area contributed by atoms with Gasteiger partial charge in [-0.1, -0.05) is 6.07 Å². The highest BCUT2D eigenvalue weighted by molar-refractivity contribution is 8.04. The van der Waals surface area contributed by atoms with Gasteiger partial charge >= 0.3 is 11.7 Å². The molecular formula is C23H24N6O5S. The second-order valence-corrected chi connectivity index (χ2v) is 8.69. The van der Waals surface area contributed by atoms with Crippen LogP contribution in [0.4, 0.5) is 5.69 Å². The number of methoxy groups -OCH3 is 2. The van der Waals surface area contributed by atoms with Crippen LogP contribution < -0.4 is 26.2 Å². The first kappa shape index (κ1) is 24.0. The molecule has 2 aromatic carbocycles. The van der Waals surface area contributed by atoms with Crippen molar-refractivity contribution in [3.8, 4) is 11.5 Å². The van der Waals surface area contributed by atoms with Gasteiger partial charge < -0.3 is 25.6 Å². The Labute approximate surface area is 204 Å². The highest BCUT2D eigenvalue weighted by atomic mass is 32.2. The molecule has 4 rings (SSSR count). The number of thioether (sulfide) groups is 1. The molecule has 1 aliphatic rings. The number of hydrogen-bond acceptors (Lipinski definition) is 8. The fourth-order valence-electron chi connectivity index (χ4n) is 3.74. The van der Waals surface area contributed by atoms with Gasteiger partial charge in [-0.25, -0.2) is 9.59 Å². The van der Waals surface area contributed by atoms with Gasteiger partial charge in [-0.3, -0.25) is 10.4 Å². The van der Waals surface area contributed by atoms with Crippen molar-refractivity contribution >= 4 is 35.0 Å². The van der Waals surface area contributed by atoms with Crippen LogP contribution in [0.1, 0.15) is 29.4 Å². The van der Waals surface area contributed by atoms with Crippen LogP contribution in [0.15, 0.2) is 52.2 Å². The molecule has 0 amide bonds. The van der Waals surface area contributed by atoms with E-state index in [4.69, 9.17) is 20.6 Å². The van der Waals surface area contributed by atoms with Crippen molar-refractivity contribution in [1.29, 1.82) is 5.41 Å². The lowest BCUT2D eigenvalue weighted by atomic mass is 10.0. The molecule has 0 saturated carbocycles. The van der Waals surface area contributed by atoms with Gasteiger partial charge in [0.1, 0.15) is 16.8 Å². The van der Waals surface area contributed by atoms with Crippen LogP contribution in [0, 0.1) is 5.41 Å². The molecule has 35 heavy (non-hydrogen) atoms. The molecule has 1 aromatic heterocycles. The summed E-state index contributed by atoms with van der Waals surface area (Å²) in [5, 5.41) is 24.9. The zero-order valence-corrected chi connectivity index (χ0v) is 19.8. The van der Waals surface area contributed by atoms with Gasteiger partial charge in [0, 0.05) is 23.4 Å². The van der Waals surface area contributed by atoms with Crippen LogP contribution in [-0.2, 0) is 4.79 Å². The number of rotatable bonds is 9. The first-order valence-corrected chi connectivity index (χ1v) is 11.5. The van der Waals surface area contributed by atoms with Crippen LogP contribution in [0.25, 0.3) is 5.70 Å². The second-order valence-electron chi connectivity index (χ2n) is 7.59. The van der Waals surface area contributed by atoms with Gasteiger partial charge in [0.05, 0.1) is 19.9 Å². The minimum atomic E-state index is -1.08. The Morgan fingerprint density at radius 3 is 2.57 bits per heavy atom. The number of benzene rings is 2. The number of carboxylic acid groups (broad SMARTS) is 1. The lowest BCUT2D eigenvalue weighted by Gasteiger charge is -2.20. The van der Waals surface area contributed by atoms with Gasteiger partial charge in [-0.15, -0.1) is 16.9 Å². The van der Waals surface area contributed by atoms with E-state index in [9.17, 15) is 14.7 Å². The molecule has 1 atom stereocenters. The summed E-state index contributed by atoms with van der Waals surface area (Å²) in [6.45, 7) is 0. The number of anilines is 1. The summed E-state index contributed by atoms with van der Waals surface area (Å²) in [7, 11) is 3.06. The highest BCUT2D eigenvalue weighted by Crippen LogP contribution is 2.35. The molecule has 0 fully saturated rings. The molecule has 0 spiro atoms. The summed E-state index contributed by atoms with van der Waals surface area (Å²) in [6.07, 6.45) is 0.414. The van der Waals surface area contributed by atoms with E-state index in [-0.39, 0.29) is 16.6 Å². The third-order valence-corrected chi connectivity index (χ3v) is 6.56. The maximum Gasteiger partial charge on any atom is 0.347 e. The molecule has 1 unspecified atom stereocenters. The topological polar surface area (TPSA) is 168 Å². The molecule has 1 aliphatic heterocycles. The Hall–Kier alpha value is -4.19. The van der Waals surface area contributed by atoms with Crippen molar-refractivity contribution in [2.45, 2.75) is 12.5 Å². The summed E-state index contributed by atoms with van der Waals surface area (Å²) >= 11 is 1.18. The summed E-state index contributed by atoms with van der Waals surface area (Å²) in [4.78, 5) is 27.3. The second kappa shape index (κ2) is 9.97. The fraction of sp³-hybridized carbons (Fsp3) is 0.217. The van der Waals surface area contributed by atoms with Gasteiger partial charge in [-0.05, 0) is 42.0 Å². The number of aliphatic carboxylic acids is 1. The summed E-state index contributed by atoms with van der Waals surface area (Å²) in [5.74, 6) is 0.748. The minimum Gasteiger partial charge on any atom is -0.493 e. The van der Waals surface area contributed by atoms with Crippen LogP contribution in [0.2, 0.25) is 0 Å². The van der Waals surface area contributed by atoms with Crippen molar-refractivity contribution in [1.82, 2.24) is 14.8 Å². The number of ether oxygens (including phenoxy) is 2. The number of carbonyl (C=O) groups is 1. The van der Waals surface area contributed by atoms with Gasteiger partial charge in [0.15, 0.2) is 17.3 Å². The summed E-state index contributed by atoms with van der Waals surface area (Å²) in [5.41, 5.74) is 7.35. The number of allylic oxidation sites excluding steroid dienone is 1. The van der Waals surface area contributed by atoms with E-state index >= 15 is 0 Å². The Balaban J connectivity index is 1.79. The third kappa shape index (κ3) is 4.87. The van der Waals surface area contributed by atoms with Crippen molar-refractivity contribution in [2.75, 3.05) is 25.3 Å². The molecule has 0 bridgehead atoms. The molecule has 11 nitrogen and oxygen atoms in total. The first-order chi connectivity index (χ1) is 16.8. The highest BCUT2D eigenvalue weighted by Gasteiger charge is 2.27. The molecule has 0 aliphatic carbocycles. The zero-order valence-electron chi connectivity index (χ0n) is 19.0. The molecule has 12 heteroatoms.